The van der Waals surface area contributed by atoms with E-state index in [9.17, 15) is 25.0 Å². The van der Waals surface area contributed by atoms with Crippen LogP contribution in [-0.2, 0) is 4.79 Å². The molecule has 0 aliphatic carbocycles. The first kappa shape index (κ1) is 20.4. The summed E-state index contributed by atoms with van der Waals surface area (Å²) in [6, 6.07) is 11.4. The lowest BCUT2D eigenvalue weighted by Crippen LogP contribution is -2.49. The summed E-state index contributed by atoms with van der Waals surface area (Å²) in [6.45, 7) is 2.65. The number of carbonyl (C=O) groups is 1. The summed E-state index contributed by atoms with van der Waals surface area (Å²) >= 11 is 0. The Morgan fingerprint density at radius 2 is 1.69 bits per heavy atom. The summed E-state index contributed by atoms with van der Waals surface area (Å²) in [5.74, 6) is -0.100. The maximum atomic E-state index is 12.5. The molecule has 3 rings (SSSR count). The van der Waals surface area contributed by atoms with Gasteiger partial charge in [0.1, 0.15) is 0 Å². The number of hydrogen-bond acceptors (Lipinski definition) is 7. The molecule has 1 aliphatic heterocycles. The van der Waals surface area contributed by atoms with Crippen molar-refractivity contribution in [1.82, 2.24) is 15.5 Å². The number of carbonyl (C=O) groups excluding carboxylic acids is 1. The number of nitrogens with one attached hydrogen (secondary N) is 2. The fourth-order valence-electron chi connectivity index (χ4n) is 3.31. The van der Waals surface area contributed by atoms with Crippen molar-refractivity contribution in [3.63, 3.8) is 0 Å². The lowest BCUT2D eigenvalue weighted by Gasteiger charge is -2.28. The molecule has 29 heavy (non-hydrogen) atoms. The molecule has 2 aromatic rings. The number of para-hydroxylation sites is 1. The molecule has 152 valence electrons. The van der Waals surface area contributed by atoms with Gasteiger partial charge < -0.3 is 10.2 Å². The minimum Gasteiger partial charge on any atom is -0.339 e. The maximum absolute atomic E-state index is 12.5. The lowest BCUT2D eigenvalue weighted by molar-refractivity contribution is -0.385. The van der Waals surface area contributed by atoms with E-state index >= 15 is 0 Å². The molecule has 10 nitrogen and oxygen atoms in total. The third kappa shape index (κ3) is 4.92. The van der Waals surface area contributed by atoms with E-state index in [0.717, 1.165) is 13.1 Å². The van der Waals surface area contributed by atoms with Crippen LogP contribution in [0.5, 0.6) is 0 Å². The molecule has 1 saturated heterocycles. The third-order valence-corrected chi connectivity index (χ3v) is 4.81. The molecule has 0 spiro atoms. The van der Waals surface area contributed by atoms with Crippen LogP contribution in [0.1, 0.15) is 17.2 Å². The first-order valence-corrected chi connectivity index (χ1v) is 9.17. The maximum Gasteiger partial charge on any atom is 0.274 e. The van der Waals surface area contributed by atoms with E-state index in [1.807, 2.05) is 0 Å². The third-order valence-electron chi connectivity index (χ3n) is 4.81. The molecule has 2 N–H and O–H groups in total. The first-order chi connectivity index (χ1) is 14.0. The smallest absolute Gasteiger partial charge is 0.274 e. The highest BCUT2D eigenvalue weighted by molar-refractivity contribution is 5.78. The van der Waals surface area contributed by atoms with Crippen LogP contribution in [0.15, 0.2) is 48.5 Å². The van der Waals surface area contributed by atoms with E-state index in [4.69, 9.17) is 0 Å². The van der Waals surface area contributed by atoms with Crippen LogP contribution >= 0.6 is 0 Å². The average Bonchev–Trinajstić information content (AvgIpc) is 2.75. The van der Waals surface area contributed by atoms with Crippen LogP contribution < -0.4 is 10.6 Å². The second-order valence-corrected chi connectivity index (χ2v) is 6.61. The molecule has 1 unspecified atom stereocenters. The SMILES string of the molecule is O=C(CNC(c1ccc([N+](=O)[O-])cc1)c1ccccc1[N+](=O)[O-])N1CCNCC1. The van der Waals surface area contributed by atoms with Crippen LogP contribution in [0, 0.1) is 20.2 Å². The Morgan fingerprint density at radius 3 is 2.31 bits per heavy atom. The van der Waals surface area contributed by atoms with E-state index in [0.29, 0.717) is 24.2 Å². The summed E-state index contributed by atoms with van der Waals surface area (Å²) in [6.07, 6.45) is 0. The zero-order valence-electron chi connectivity index (χ0n) is 15.6. The fraction of sp³-hybridized carbons (Fsp3) is 0.316. The average molecular weight is 399 g/mol. The Bertz CT molecular complexity index is 896. The highest BCUT2D eigenvalue weighted by Crippen LogP contribution is 2.30. The summed E-state index contributed by atoms with van der Waals surface area (Å²) in [7, 11) is 0. The lowest BCUT2D eigenvalue weighted by atomic mass is 9.97. The first-order valence-electron chi connectivity index (χ1n) is 9.17. The Morgan fingerprint density at radius 1 is 1.03 bits per heavy atom. The van der Waals surface area contributed by atoms with Gasteiger partial charge in [-0.25, -0.2) is 0 Å². The van der Waals surface area contributed by atoms with Gasteiger partial charge in [-0.1, -0.05) is 30.3 Å². The molecule has 0 aromatic heterocycles. The standard InChI is InChI=1S/C19H21N5O5/c25-18(22-11-9-20-10-12-22)13-21-19(14-5-7-15(8-6-14)23(26)27)16-3-1-2-4-17(16)24(28)29/h1-8,19-21H,9-13H2. The summed E-state index contributed by atoms with van der Waals surface area (Å²) in [4.78, 5) is 35.7. The van der Waals surface area contributed by atoms with Gasteiger partial charge in [0.2, 0.25) is 5.91 Å². The highest BCUT2D eigenvalue weighted by atomic mass is 16.6. The summed E-state index contributed by atoms with van der Waals surface area (Å²) in [5, 5.41) is 28.7. The number of amides is 1. The van der Waals surface area contributed by atoms with Crippen molar-refractivity contribution in [2.75, 3.05) is 32.7 Å². The number of non-ortho nitro benzene ring substituents is 1. The van der Waals surface area contributed by atoms with E-state index < -0.39 is 15.9 Å². The monoisotopic (exact) mass is 399 g/mol. The van der Waals surface area contributed by atoms with Crippen molar-refractivity contribution in [2.45, 2.75) is 6.04 Å². The van der Waals surface area contributed by atoms with Crippen molar-refractivity contribution in [3.05, 3.63) is 79.9 Å². The zero-order valence-corrected chi connectivity index (χ0v) is 15.6. The van der Waals surface area contributed by atoms with Crippen LogP contribution in [0.4, 0.5) is 11.4 Å². The minimum absolute atomic E-state index is 0.00625. The molecule has 0 saturated carbocycles. The van der Waals surface area contributed by atoms with Crippen molar-refractivity contribution in [1.29, 1.82) is 0 Å². The van der Waals surface area contributed by atoms with Crippen molar-refractivity contribution >= 4 is 17.3 Å². The summed E-state index contributed by atoms with van der Waals surface area (Å²) < 4.78 is 0. The second-order valence-electron chi connectivity index (χ2n) is 6.61. The molecular weight excluding hydrogens is 378 g/mol. The predicted molar refractivity (Wildman–Crippen MR) is 105 cm³/mol. The van der Waals surface area contributed by atoms with Crippen molar-refractivity contribution < 1.29 is 14.6 Å². The molecule has 0 bridgehead atoms. The van der Waals surface area contributed by atoms with E-state index in [-0.39, 0.29) is 23.8 Å². The second kappa shape index (κ2) is 9.22. The molecule has 1 fully saturated rings. The predicted octanol–water partition coefficient (Wildman–Crippen LogP) is 1.61. The molecular formula is C19H21N5O5. The van der Waals surface area contributed by atoms with Gasteiger partial charge >= 0.3 is 0 Å². The number of benzene rings is 2. The van der Waals surface area contributed by atoms with E-state index in [1.54, 1.807) is 35.2 Å². The van der Waals surface area contributed by atoms with Gasteiger partial charge in [0.25, 0.3) is 11.4 Å². The molecule has 1 amide bonds. The Kier molecular flexibility index (Phi) is 6.47. The van der Waals surface area contributed by atoms with Crippen molar-refractivity contribution in [2.24, 2.45) is 0 Å². The molecule has 1 heterocycles. The van der Waals surface area contributed by atoms with E-state index in [1.165, 1.54) is 18.2 Å². The van der Waals surface area contributed by atoms with Gasteiger partial charge in [-0.15, -0.1) is 0 Å². The van der Waals surface area contributed by atoms with Gasteiger partial charge in [0.05, 0.1) is 28.0 Å². The fourth-order valence-corrected chi connectivity index (χ4v) is 3.31. The van der Waals surface area contributed by atoms with Crippen LogP contribution in [0.3, 0.4) is 0 Å². The Hall–Kier alpha value is -3.37. The molecule has 1 aliphatic rings. The van der Waals surface area contributed by atoms with Gasteiger partial charge in [0, 0.05) is 44.4 Å². The number of rotatable bonds is 7. The normalized spacial score (nSPS) is 15.0. The Balaban J connectivity index is 1.88. The minimum atomic E-state index is -0.663. The van der Waals surface area contributed by atoms with Crippen LogP contribution in [0.2, 0.25) is 0 Å². The molecule has 1 atom stereocenters. The van der Waals surface area contributed by atoms with E-state index in [2.05, 4.69) is 10.6 Å². The van der Waals surface area contributed by atoms with Gasteiger partial charge in [-0.3, -0.25) is 30.3 Å². The topological polar surface area (TPSA) is 131 Å². The largest absolute Gasteiger partial charge is 0.339 e. The number of nitro groups is 2. The molecule has 10 heteroatoms. The van der Waals surface area contributed by atoms with Crippen LogP contribution in [-0.4, -0.2) is 53.4 Å². The molecule has 0 radical (unpaired) electrons. The molecule has 2 aromatic carbocycles. The quantitative estimate of drug-likeness (QED) is 0.534. The van der Waals surface area contributed by atoms with Gasteiger partial charge in [-0.2, -0.15) is 0 Å². The zero-order chi connectivity index (χ0) is 20.8. The summed E-state index contributed by atoms with van der Waals surface area (Å²) in [5.41, 5.74) is 0.822. The van der Waals surface area contributed by atoms with Gasteiger partial charge in [0.15, 0.2) is 0 Å². The Labute approximate surface area is 166 Å². The van der Waals surface area contributed by atoms with Crippen LogP contribution in [0.25, 0.3) is 0 Å². The number of nitro benzene ring substituents is 2. The number of hydrogen-bond donors (Lipinski definition) is 2. The number of nitrogens with zero attached hydrogens (tertiary/aromatic N) is 3. The number of piperazine rings is 1. The highest BCUT2D eigenvalue weighted by Gasteiger charge is 2.25. The van der Waals surface area contributed by atoms with Gasteiger partial charge in [-0.05, 0) is 5.56 Å². The van der Waals surface area contributed by atoms with Crippen molar-refractivity contribution in [3.8, 4) is 0 Å².